The molecule has 0 radical (unpaired) electrons. The SMILES string of the molecule is CC1=C[C@@]23CO[C@@](C)(C1)[C@@H]2/C(=C/[Si](C)(C)C)C[C@H]3O. The van der Waals surface area contributed by atoms with E-state index in [1.165, 1.54) is 11.1 Å². The number of hydrogen-bond acceptors (Lipinski definition) is 2. The molecule has 4 atom stereocenters. The molecule has 2 aliphatic carbocycles. The van der Waals surface area contributed by atoms with Gasteiger partial charge in [0, 0.05) is 11.3 Å². The maximum Gasteiger partial charge on any atom is 0.0766 e. The van der Waals surface area contributed by atoms with Gasteiger partial charge in [-0.3, -0.25) is 0 Å². The molecule has 3 rings (SSSR count). The summed E-state index contributed by atoms with van der Waals surface area (Å²) >= 11 is 0. The van der Waals surface area contributed by atoms with Gasteiger partial charge in [-0.05, 0) is 26.7 Å². The molecule has 0 unspecified atom stereocenters. The van der Waals surface area contributed by atoms with Crippen molar-refractivity contribution in [1.29, 1.82) is 0 Å². The number of aliphatic hydroxyl groups excluding tert-OH is 1. The first kappa shape index (κ1) is 13.6. The second-order valence-electron chi connectivity index (χ2n) is 8.12. The van der Waals surface area contributed by atoms with E-state index in [9.17, 15) is 5.11 Å². The summed E-state index contributed by atoms with van der Waals surface area (Å²) in [6.07, 6.45) is 3.91. The minimum atomic E-state index is -1.26. The summed E-state index contributed by atoms with van der Waals surface area (Å²) in [4.78, 5) is 0. The summed E-state index contributed by atoms with van der Waals surface area (Å²) in [5, 5.41) is 10.7. The fourth-order valence-corrected chi connectivity index (χ4v) is 6.12. The van der Waals surface area contributed by atoms with Crippen molar-refractivity contribution in [3.8, 4) is 0 Å². The third-order valence-corrected chi connectivity index (χ3v) is 6.22. The van der Waals surface area contributed by atoms with Crippen LogP contribution in [0.2, 0.25) is 19.6 Å². The first-order valence-corrected chi connectivity index (χ1v) is 11.0. The van der Waals surface area contributed by atoms with Crippen LogP contribution < -0.4 is 0 Å². The van der Waals surface area contributed by atoms with Crippen molar-refractivity contribution in [2.75, 3.05) is 6.61 Å². The molecule has 1 heterocycles. The van der Waals surface area contributed by atoms with Crippen LogP contribution in [0.25, 0.3) is 0 Å². The zero-order valence-corrected chi connectivity index (χ0v) is 13.8. The number of rotatable bonds is 1. The van der Waals surface area contributed by atoms with Crippen molar-refractivity contribution in [3.05, 3.63) is 22.9 Å². The van der Waals surface area contributed by atoms with E-state index in [1.54, 1.807) is 0 Å². The van der Waals surface area contributed by atoms with E-state index in [1.807, 2.05) is 0 Å². The van der Waals surface area contributed by atoms with Gasteiger partial charge in [0.2, 0.25) is 0 Å². The Labute approximate surface area is 117 Å². The molecule has 19 heavy (non-hydrogen) atoms. The predicted octanol–water partition coefficient (Wildman–Crippen LogP) is 3.30. The molecule has 0 amide bonds. The second kappa shape index (κ2) is 3.83. The van der Waals surface area contributed by atoms with E-state index in [0.29, 0.717) is 12.5 Å². The molecule has 0 aromatic heterocycles. The Morgan fingerprint density at radius 2 is 2.11 bits per heavy atom. The Morgan fingerprint density at radius 3 is 2.74 bits per heavy atom. The lowest BCUT2D eigenvalue weighted by Crippen LogP contribution is -2.42. The van der Waals surface area contributed by atoms with E-state index in [2.05, 4.69) is 45.3 Å². The van der Waals surface area contributed by atoms with Gasteiger partial charge in [0.15, 0.2) is 0 Å². The molecule has 2 nitrogen and oxygen atoms in total. The van der Waals surface area contributed by atoms with Gasteiger partial charge in [0.25, 0.3) is 0 Å². The Morgan fingerprint density at radius 1 is 1.42 bits per heavy atom. The van der Waals surface area contributed by atoms with E-state index in [-0.39, 0.29) is 17.1 Å². The smallest absolute Gasteiger partial charge is 0.0766 e. The molecule has 2 bridgehead atoms. The van der Waals surface area contributed by atoms with Gasteiger partial charge < -0.3 is 9.84 Å². The normalized spacial score (nSPS) is 47.5. The van der Waals surface area contributed by atoms with E-state index in [0.717, 1.165) is 12.8 Å². The molecule has 1 saturated heterocycles. The largest absolute Gasteiger partial charge is 0.392 e. The lowest BCUT2D eigenvalue weighted by atomic mass is 9.65. The topological polar surface area (TPSA) is 29.5 Å². The minimum Gasteiger partial charge on any atom is -0.392 e. The van der Waals surface area contributed by atoms with Crippen LogP contribution in [0.1, 0.15) is 26.7 Å². The Balaban J connectivity index is 2.11. The molecular weight excluding hydrogens is 252 g/mol. The Kier molecular flexibility index (Phi) is 2.74. The molecule has 2 fully saturated rings. The fourth-order valence-electron chi connectivity index (χ4n) is 4.72. The van der Waals surface area contributed by atoms with Crippen molar-refractivity contribution in [3.63, 3.8) is 0 Å². The van der Waals surface area contributed by atoms with Crippen molar-refractivity contribution >= 4 is 8.07 Å². The maximum atomic E-state index is 10.7. The van der Waals surface area contributed by atoms with Crippen molar-refractivity contribution < 1.29 is 9.84 Å². The third-order valence-electron chi connectivity index (χ3n) is 4.98. The first-order chi connectivity index (χ1) is 8.66. The van der Waals surface area contributed by atoms with Crippen LogP contribution in [0.3, 0.4) is 0 Å². The predicted molar refractivity (Wildman–Crippen MR) is 80.7 cm³/mol. The number of aliphatic hydroxyl groups is 1. The van der Waals surface area contributed by atoms with E-state index in [4.69, 9.17) is 4.74 Å². The molecule has 3 aliphatic rings. The molecule has 0 spiro atoms. The summed E-state index contributed by atoms with van der Waals surface area (Å²) in [5.74, 6) is 0.394. The third kappa shape index (κ3) is 1.89. The van der Waals surface area contributed by atoms with Crippen LogP contribution >= 0.6 is 0 Å². The Hall–Kier alpha value is -0.383. The maximum absolute atomic E-state index is 10.7. The van der Waals surface area contributed by atoms with Crippen molar-refractivity contribution in [2.24, 2.45) is 11.3 Å². The summed E-state index contributed by atoms with van der Waals surface area (Å²) < 4.78 is 6.17. The molecular formula is C16H26O2Si. The van der Waals surface area contributed by atoms with Crippen LogP contribution in [-0.2, 0) is 4.74 Å². The van der Waals surface area contributed by atoms with E-state index >= 15 is 0 Å². The van der Waals surface area contributed by atoms with Crippen LogP contribution in [0, 0.1) is 11.3 Å². The van der Waals surface area contributed by atoms with Gasteiger partial charge in [-0.25, -0.2) is 0 Å². The lowest BCUT2D eigenvalue weighted by Gasteiger charge is -2.39. The fraction of sp³-hybridized carbons (Fsp3) is 0.750. The van der Waals surface area contributed by atoms with Crippen LogP contribution in [-0.4, -0.2) is 31.5 Å². The molecule has 1 saturated carbocycles. The Bertz CT molecular complexity index is 474. The molecule has 3 heteroatoms. The number of hydrogen-bond donors (Lipinski definition) is 1. The summed E-state index contributed by atoms with van der Waals surface area (Å²) in [5.41, 5.74) is 5.12. The average molecular weight is 278 g/mol. The molecule has 0 aromatic carbocycles. The minimum absolute atomic E-state index is 0.0954. The highest BCUT2D eigenvalue weighted by Gasteiger charge is 2.65. The summed E-state index contributed by atoms with van der Waals surface area (Å²) in [6, 6.07) is 0. The summed E-state index contributed by atoms with van der Waals surface area (Å²) in [7, 11) is -1.26. The molecule has 0 aromatic rings. The molecule has 1 N–H and O–H groups in total. The lowest BCUT2D eigenvalue weighted by molar-refractivity contribution is -0.000265. The zero-order valence-electron chi connectivity index (χ0n) is 12.8. The quantitative estimate of drug-likeness (QED) is 0.589. The first-order valence-electron chi connectivity index (χ1n) is 7.38. The van der Waals surface area contributed by atoms with Crippen LogP contribution in [0.15, 0.2) is 22.9 Å². The van der Waals surface area contributed by atoms with Crippen molar-refractivity contribution in [2.45, 2.75) is 58.0 Å². The summed E-state index contributed by atoms with van der Waals surface area (Å²) in [6.45, 7) is 12.2. The van der Waals surface area contributed by atoms with Gasteiger partial charge in [-0.2, -0.15) is 0 Å². The highest BCUT2D eigenvalue weighted by Crippen LogP contribution is 2.62. The average Bonchev–Trinajstić information content (AvgIpc) is 2.57. The van der Waals surface area contributed by atoms with Gasteiger partial charge in [-0.1, -0.05) is 42.6 Å². The van der Waals surface area contributed by atoms with Crippen LogP contribution in [0.4, 0.5) is 0 Å². The van der Waals surface area contributed by atoms with Crippen LogP contribution in [0.5, 0.6) is 0 Å². The number of ether oxygens (including phenoxy) is 1. The molecule has 1 aliphatic heterocycles. The van der Waals surface area contributed by atoms with Crippen molar-refractivity contribution in [1.82, 2.24) is 0 Å². The standard InChI is InChI=1S/C16H26O2Si/c1-11-7-15(2)14-12(9-19(3,4)5)6-13(17)16(14,8-11)10-18-15/h8-9,13-14,17H,6-7,10H2,1-5H3/b12-9+/t13-,14+,15+,16+/m1/s1. The zero-order chi connectivity index (χ0) is 14.1. The van der Waals surface area contributed by atoms with Gasteiger partial charge >= 0.3 is 0 Å². The van der Waals surface area contributed by atoms with Gasteiger partial charge in [0.1, 0.15) is 0 Å². The second-order valence-corrected chi connectivity index (χ2v) is 13.1. The van der Waals surface area contributed by atoms with Gasteiger partial charge in [0.05, 0.1) is 26.4 Å². The highest BCUT2D eigenvalue weighted by atomic mass is 28.3. The van der Waals surface area contributed by atoms with Gasteiger partial charge in [-0.15, -0.1) is 0 Å². The molecule has 106 valence electrons. The highest BCUT2D eigenvalue weighted by molar-refractivity contribution is 6.81. The van der Waals surface area contributed by atoms with E-state index < -0.39 is 8.07 Å². The monoisotopic (exact) mass is 278 g/mol.